The molecule has 1 aromatic heterocycles. The van der Waals surface area contributed by atoms with E-state index in [1.807, 2.05) is 12.1 Å². The first kappa shape index (κ1) is 17.5. The van der Waals surface area contributed by atoms with Crippen LogP contribution in [-0.2, 0) is 6.54 Å². The van der Waals surface area contributed by atoms with Crippen LogP contribution in [0.3, 0.4) is 0 Å². The molecule has 140 valence electrons. The summed E-state index contributed by atoms with van der Waals surface area (Å²) in [5, 5.41) is 5.62. The van der Waals surface area contributed by atoms with Crippen molar-refractivity contribution >= 4 is 17.5 Å². The van der Waals surface area contributed by atoms with Crippen molar-refractivity contribution in [3.63, 3.8) is 0 Å². The van der Waals surface area contributed by atoms with E-state index in [0.717, 1.165) is 5.56 Å². The molecule has 7 nitrogen and oxygen atoms in total. The van der Waals surface area contributed by atoms with Crippen molar-refractivity contribution in [2.24, 2.45) is 0 Å². The molecular weight excluding hydrogens is 358 g/mol. The molecule has 0 saturated heterocycles. The number of hydrogen-bond donors (Lipinski definition) is 2. The third-order valence-corrected chi connectivity index (χ3v) is 4.19. The number of nitrogens with zero attached hydrogens (tertiary/aromatic N) is 1. The number of benzene rings is 2. The van der Waals surface area contributed by atoms with Crippen LogP contribution in [0.2, 0.25) is 0 Å². The molecule has 0 spiro atoms. The molecule has 0 fully saturated rings. The van der Waals surface area contributed by atoms with Crippen LogP contribution in [-0.4, -0.2) is 23.6 Å². The zero-order valence-electron chi connectivity index (χ0n) is 14.8. The van der Waals surface area contributed by atoms with E-state index in [1.54, 1.807) is 54.9 Å². The second-order valence-electron chi connectivity index (χ2n) is 6.15. The van der Waals surface area contributed by atoms with Crippen molar-refractivity contribution in [3.8, 4) is 11.5 Å². The smallest absolute Gasteiger partial charge is 0.255 e. The fourth-order valence-corrected chi connectivity index (χ4v) is 2.77. The Labute approximate surface area is 161 Å². The number of pyridine rings is 1. The Morgan fingerprint density at radius 1 is 0.929 bits per heavy atom. The Morgan fingerprint density at radius 2 is 1.75 bits per heavy atom. The molecule has 2 heterocycles. The molecule has 1 aliphatic rings. The molecule has 3 aromatic rings. The summed E-state index contributed by atoms with van der Waals surface area (Å²) in [5.41, 5.74) is 2.27. The minimum atomic E-state index is -0.319. The summed E-state index contributed by atoms with van der Waals surface area (Å²) in [5.74, 6) is 0.647. The van der Waals surface area contributed by atoms with Gasteiger partial charge in [0.1, 0.15) is 0 Å². The predicted molar refractivity (Wildman–Crippen MR) is 102 cm³/mol. The topological polar surface area (TPSA) is 89.6 Å². The van der Waals surface area contributed by atoms with E-state index in [2.05, 4.69) is 15.6 Å². The maximum absolute atomic E-state index is 12.5. The lowest BCUT2D eigenvalue weighted by Crippen LogP contribution is -2.23. The summed E-state index contributed by atoms with van der Waals surface area (Å²) in [6.45, 7) is 0.531. The van der Waals surface area contributed by atoms with Gasteiger partial charge >= 0.3 is 0 Å². The van der Waals surface area contributed by atoms with Gasteiger partial charge in [0.25, 0.3) is 11.8 Å². The zero-order valence-corrected chi connectivity index (χ0v) is 14.8. The number of aromatic nitrogens is 1. The van der Waals surface area contributed by atoms with Crippen molar-refractivity contribution in [2.45, 2.75) is 6.54 Å². The highest BCUT2D eigenvalue weighted by Gasteiger charge is 2.15. The molecule has 0 saturated carbocycles. The van der Waals surface area contributed by atoms with Gasteiger partial charge in [-0.05, 0) is 42.0 Å². The Morgan fingerprint density at radius 3 is 2.57 bits per heavy atom. The summed E-state index contributed by atoms with van der Waals surface area (Å²) < 4.78 is 10.6. The number of amides is 2. The van der Waals surface area contributed by atoms with Crippen molar-refractivity contribution in [1.29, 1.82) is 0 Å². The second kappa shape index (κ2) is 7.79. The minimum absolute atomic E-state index is 0.170. The van der Waals surface area contributed by atoms with E-state index in [-0.39, 0.29) is 18.6 Å². The first-order chi connectivity index (χ1) is 13.7. The molecule has 0 bridgehead atoms. The van der Waals surface area contributed by atoms with E-state index < -0.39 is 0 Å². The Balaban J connectivity index is 1.42. The third kappa shape index (κ3) is 3.93. The lowest BCUT2D eigenvalue weighted by atomic mass is 10.1. The first-order valence-electron chi connectivity index (χ1n) is 8.67. The Bertz CT molecular complexity index is 1020. The van der Waals surface area contributed by atoms with Gasteiger partial charge < -0.3 is 20.1 Å². The summed E-state index contributed by atoms with van der Waals surface area (Å²) in [7, 11) is 0. The molecule has 4 rings (SSSR count). The lowest BCUT2D eigenvalue weighted by Gasteiger charge is -2.08. The van der Waals surface area contributed by atoms with Crippen LogP contribution in [0.25, 0.3) is 0 Å². The zero-order chi connectivity index (χ0) is 19.3. The van der Waals surface area contributed by atoms with Gasteiger partial charge in [0, 0.05) is 41.8 Å². The highest BCUT2D eigenvalue weighted by molar-refractivity contribution is 6.06. The Kier molecular flexibility index (Phi) is 4.88. The fraction of sp³-hybridized carbons (Fsp3) is 0.0952. The average Bonchev–Trinajstić information content (AvgIpc) is 3.21. The summed E-state index contributed by atoms with van der Waals surface area (Å²) in [6, 6.07) is 15.4. The van der Waals surface area contributed by atoms with Gasteiger partial charge in [0.05, 0.1) is 0 Å². The monoisotopic (exact) mass is 375 g/mol. The average molecular weight is 375 g/mol. The van der Waals surface area contributed by atoms with Crippen LogP contribution in [0.4, 0.5) is 5.69 Å². The first-order valence-corrected chi connectivity index (χ1v) is 8.67. The van der Waals surface area contributed by atoms with Crippen LogP contribution in [0.15, 0.2) is 67.0 Å². The highest BCUT2D eigenvalue weighted by Crippen LogP contribution is 2.34. The maximum atomic E-state index is 12.5. The molecule has 2 aromatic carbocycles. The normalized spacial score (nSPS) is 11.7. The number of carbonyl (C=O) groups excluding carboxylic acids is 2. The predicted octanol–water partition coefficient (Wildman–Crippen LogP) is 2.99. The number of anilines is 1. The molecule has 28 heavy (non-hydrogen) atoms. The van der Waals surface area contributed by atoms with E-state index in [1.165, 1.54) is 0 Å². The number of ether oxygens (including phenoxy) is 2. The highest BCUT2D eigenvalue weighted by atomic mass is 16.7. The minimum Gasteiger partial charge on any atom is -0.454 e. The van der Waals surface area contributed by atoms with Gasteiger partial charge in [-0.25, -0.2) is 0 Å². The van der Waals surface area contributed by atoms with E-state index >= 15 is 0 Å². The van der Waals surface area contributed by atoms with Crippen molar-refractivity contribution in [3.05, 3.63) is 83.7 Å². The molecule has 0 radical (unpaired) electrons. The number of rotatable bonds is 5. The quantitative estimate of drug-likeness (QED) is 0.716. The molecule has 0 unspecified atom stereocenters. The van der Waals surface area contributed by atoms with Gasteiger partial charge in [-0.1, -0.05) is 12.1 Å². The molecule has 7 heteroatoms. The fourth-order valence-electron chi connectivity index (χ4n) is 2.77. The van der Waals surface area contributed by atoms with Gasteiger partial charge in [-0.2, -0.15) is 0 Å². The number of nitrogens with one attached hydrogen (secondary N) is 2. The standard InChI is InChI=1S/C21H17N3O4/c25-20(23-12-14-3-2-8-22-11-14)15-4-1-5-16(9-15)21(26)24-17-6-7-18-19(10-17)28-13-27-18/h1-11H,12-13H2,(H,23,25)(H,24,26). The second-order valence-corrected chi connectivity index (χ2v) is 6.15. The van der Waals surface area contributed by atoms with Gasteiger partial charge in [0.2, 0.25) is 6.79 Å². The van der Waals surface area contributed by atoms with Crippen LogP contribution in [0, 0.1) is 0 Å². The van der Waals surface area contributed by atoms with E-state index in [4.69, 9.17) is 9.47 Å². The van der Waals surface area contributed by atoms with Crippen LogP contribution >= 0.6 is 0 Å². The largest absolute Gasteiger partial charge is 0.454 e. The van der Waals surface area contributed by atoms with Gasteiger partial charge in [0.15, 0.2) is 11.5 Å². The molecule has 1 aliphatic heterocycles. The summed E-state index contributed by atoms with van der Waals surface area (Å²) >= 11 is 0. The number of hydrogen-bond acceptors (Lipinski definition) is 5. The summed E-state index contributed by atoms with van der Waals surface area (Å²) in [6.07, 6.45) is 3.36. The van der Waals surface area contributed by atoms with Crippen LogP contribution in [0.1, 0.15) is 26.3 Å². The summed E-state index contributed by atoms with van der Waals surface area (Å²) in [4.78, 5) is 28.9. The van der Waals surface area contributed by atoms with E-state index in [0.29, 0.717) is 34.9 Å². The van der Waals surface area contributed by atoms with Crippen LogP contribution in [0.5, 0.6) is 11.5 Å². The van der Waals surface area contributed by atoms with Crippen LogP contribution < -0.4 is 20.1 Å². The lowest BCUT2D eigenvalue weighted by molar-refractivity contribution is 0.0951. The van der Waals surface area contributed by atoms with E-state index in [9.17, 15) is 9.59 Å². The maximum Gasteiger partial charge on any atom is 0.255 e. The van der Waals surface area contributed by atoms with Gasteiger partial charge in [-0.15, -0.1) is 0 Å². The number of fused-ring (bicyclic) bond motifs is 1. The third-order valence-electron chi connectivity index (χ3n) is 4.19. The van der Waals surface area contributed by atoms with Gasteiger partial charge in [-0.3, -0.25) is 14.6 Å². The number of carbonyl (C=O) groups is 2. The SMILES string of the molecule is O=C(NCc1cccnc1)c1cccc(C(=O)Nc2ccc3c(c2)OCO3)c1. The molecule has 2 amide bonds. The van der Waals surface area contributed by atoms with Crippen molar-refractivity contribution in [1.82, 2.24) is 10.3 Å². The Hall–Kier alpha value is -3.87. The molecule has 0 aliphatic carbocycles. The van der Waals surface area contributed by atoms with Crippen molar-refractivity contribution in [2.75, 3.05) is 12.1 Å². The molecule has 0 atom stereocenters. The molecule has 2 N–H and O–H groups in total. The van der Waals surface area contributed by atoms with Crippen molar-refractivity contribution < 1.29 is 19.1 Å². The molecular formula is C21H17N3O4.